The van der Waals surface area contributed by atoms with E-state index in [1.807, 2.05) is 0 Å². The summed E-state index contributed by atoms with van der Waals surface area (Å²) in [7, 11) is -7.99. The van der Waals surface area contributed by atoms with Crippen LogP contribution in [0.15, 0.2) is 23.1 Å². The third-order valence-electron chi connectivity index (χ3n) is 3.78. The van der Waals surface area contributed by atoms with Crippen molar-refractivity contribution < 1.29 is 31.8 Å². The summed E-state index contributed by atoms with van der Waals surface area (Å²) in [4.78, 5) is 10.6. The Morgan fingerprint density at radius 3 is 2.48 bits per heavy atom. The highest BCUT2D eigenvalue weighted by molar-refractivity contribution is 7.92. The van der Waals surface area contributed by atoms with Crippen LogP contribution in [0.1, 0.15) is 10.4 Å². The molecule has 1 aromatic rings. The number of rotatable bonds is 6. The Hall–Kier alpha value is -1.24. The summed E-state index contributed by atoms with van der Waals surface area (Å²) in [6.45, 7) is -0.383. The van der Waals surface area contributed by atoms with E-state index in [1.54, 1.807) is 0 Å². The molecule has 2 rings (SSSR count). The van der Waals surface area contributed by atoms with Crippen LogP contribution in [0.5, 0.6) is 0 Å². The highest BCUT2D eigenvalue weighted by atomic mass is 35.5. The van der Waals surface area contributed by atoms with Gasteiger partial charge in [0.25, 0.3) is 0 Å². The van der Waals surface area contributed by atoms with Gasteiger partial charge in [-0.25, -0.2) is 21.6 Å². The van der Waals surface area contributed by atoms with E-state index in [1.165, 1.54) is 0 Å². The Kier molecular flexibility index (Phi) is 5.76. The largest absolute Gasteiger partial charge is 0.478 e. The number of sulfone groups is 1. The van der Waals surface area contributed by atoms with Gasteiger partial charge >= 0.3 is 5.97 Å². The van der Waals surface area contributed by atoms with Gasteiger partial charge in [-0.05, 0) is 18.2 Å². The zero-order valence-electron chi connectivity index (χ0n) is 12.9. The van der Waals surface area contributed by atoms with Crippen molar-refractivity contribution in [3.8, 4) is 0 Å². The minimum atomic E-state index is -4.38. The molecule has 140 valence electrons. The Bertz CT molecular complexity index is 886. The SMILES string of the molecule is NCCN([C@@H]1CS(=O)(=O)C[C@@H]1O)S(=O)(=O)c1cc(C(=O)O)ccc1Cl. The standard InChI is InChI=1S/C13H17ClN2O7S2/c14-9-2-1-8(13(18)19)5-12(9)25(22,23)16(4-3-15)10-6-24(20,21)7-11(10)17/h1-2,5,10-11,17H,3-4,6-7,15H2,(H,18,19)/t10-,11+/m1/s1. The predicted molar refractivity (Wildman–Crippen MR) is 89.8 cm³/mol. The van der Waals surface area contributed by atoms with Crippen LogP contribution in [0.25, 0.3) is 0 Å². The number of benzene rings is 1. The normalized spacial score (nSPS) is 23.0. The van der Waals surface area contributed by atoms with E-state index in [0.717, 1.165) is 22.5 Å². The Morgan fingerprint density at radius 1 is 1.36 bits per heavy atom. The molecule has 1 fully saturated rings. The number of aliphatic hydroxyl groups excluding tert-OH is 1. The number of aliphatic hydroxyl groups is 1. The number of halogens is 1. The maximum atomic E-state index is 12.9. The average Bonchev–Trinajstić information content (AvgIpc) is 2.77. The number of nitrogens with two attached hydrogens (primary N) is 1. The van der Waals surface area contributed by atoms with E-state index >= 15 is 0 Å². The van der Waals surface area contributed by atoms with Crippen molar-refractivity contribution in [2.45, 2.75) is 17.0 Å². The van der Waals surface area contributed by atoms with Crippen LogP contribution in [-0.2, 0) is 19.9 Å². The summed E-state index contributed by atoms with van der Waals surface area (Å²) >= 11 is 5.92. The first-order valence-electron chi connectivity index (χ1n) is 7.13. The van der Waals surface area contributed by atoms with Crippen molar-refractivity contribution in [2.24, 2.45) is 5.73 Å². The van der Waals surface area contributed by atoms with E-state index in [0.29, 0.717) is 0 Å². The molecule has 25 heavy (non-hydrogen) atoms. The van der Waals surface area contributed by atoms with Crippen LogP contribution in [0.2, 0.25) is 5.02 Å². The third-order valence-corrected chi connectivity index (χ3v) is 7.88. The molecule has 2 atom stereocenters. The monoisotopic (exact) mass is 412 g/mol. The Labute approximate surface area is 150 Å². The molecule has 1 aliphatic heterocycles. The van der Waals surface area contributed by atoms with Crippen molar-refractivity contribution in [2.75, 3.05) is 24.6 Å². The van der Waals surface area contributed by atoms with Gasteiger partial charge in [-0.2, -0.15) is 4.31 Å². The summed E-state index contributed by atoms with van der Waals surface area (Å²) in [6, 6.07) is 1.94. The molecule has 1 heterocycles. The average molecular weight is 413 g/mol. The molecule has 0 aliphatic carbocycles. The first-order valence-corrected chi connectivity index (χ1v) is 10.8. The first-order chi connectivity index (χ1) is 11.5. The van der Waals surface area contributed by atoms with E-state index in [4.69, 9.17) is 22.4 Å². The topological polar surface area (TPSA) is 155 Å². The number of nitrogens with zero attached hydrogens (tertiary/aromatic N) is 1. The van der Waals surface area contributed by atoms with E-state index in [2.05, 4.69) is 0 Å². The number of hydrogen-bond acceptors (Lipinski definition) is 7. The maximum Gasteiger partial charge on any atom is 0.335 e. The molecule has 1 aliphatic rings. The molecule has 0 radical (unpaired) electrons. The molecule has 0 amide bonds. The van der Waals surface area contributed by atoms with Crippen LogP contribution in [0.3, 0.4) is 0 Å². The maximum absolute atomic E-state index is 12.9. The van der Waals surface area contributed by atoms with Gasteiger partial charge in [-0.1, -0.05) is 11.6 Å². The van der Waals surface area contributed by atoms with Gasteiger partial charge in [0.2, 0.25) is 10.0 Å². The molecule has 4 N–H and O–H groups in total. The fourth-order valence-electron chi connectivity index (χ4n) is 2.64. The number of carboxylic acids is 1. The van der Waals surface area contributed by atoms with Crippen molar-refractivity contribution >= 4 is 37.4 Å². The summed E-state index contributed by atoms with van der Waals surface area (Å²) in [5.74, 6) is -2.46. The second-order valence-electron chi connectivity index (χ2n) is 5.57. The quantitative estimate of drug-likeness (QED) is 0.545. The molecular weight excluding hydrogens is 396 g/mol. The lowest BCUT2D eigenvalue weighted by atomic mass is 10.2. The van der Waals surface area contributed by atoms with Crippen molar-refractivity contribution in [3.63, 3.8) is 0 Å². The fourth-order valence-corrected chi connectivity index (χ4v) is 6.70. The van der Waals surface area contributed by atoms with Crippen LogP contribution >= 0.6 is 11.6 Å². The second-order valence-corrected chi connectivity index (χ2v) is 9.99. The number of sulfonamides is 1. The van der Waals surface area contributed by atoms with E-state index in [-0.39, 0.29) is 23.7 Å². The number of carbonyl (C=O) groups is 1. The highest BCUT2D eigenvalue weighted by Gasteiger charge is 2.44. The fraction of sp³-hybridized carbons (Fsp3) is 0.462. The van der Waals surface area contributed by atoms with Crippen LogP contribution in [0.4, 0.5) is 0 Å². The molecule has 0 spiro atoms. The summed E-state index contributed by atoms with van der Waals surface area (Å²) in [5, 5.41) is 18.8. The summed E-state index contributed by atoms with van der Waals surface area (Å²) in [5.41, 5.74) is 5.14. The molecule has 0 unspecified atom stereocenters. The van der Waals surface area contributed by atoms with Gasteiger partial charge in [0.15, 0.2) is 9.84 Å². The number of aromatic carboxylic acids is 1. The minimum Gasteiger partial charge on any atom is -0.478 e. The van der Waals surface area contributed by atoms with Crippen LogP contribution in [-0.4, -0.2) is 74.1 Å². The molecule has 0 bridgehead atoms. The summed E-state index contributed by atoms with van der Waals surface area (Å²) in [6.07, 6.45) is -1.41. The molecule has 0 saturated carbocycles. The minimum absolute atomic E-state index is 0.126. The van der Waals surface area contributed by atoms with Gasteiger partial charge in [-0.15, -0.1) is 0 Å². The van der Waals surface area contributed by atoms with E-state index in [9.17, 15) is 26.7 Å². The molecule has 9 nitrogen and oxygen atoms in total. The Morgan fingerprint density at radius 2 is 2.00 bits per heavy atom. The second kappa shape index (κ2) is 7.17. The van der Waals surface area contributed by atoms with Gasteiger partial charge in [0.1, 0.15) is 4.90 Å². The highest BCUT2D eigenvalue weighted by Crippen LogP contribution is 2.30. The summed E-state index contributed by atoms with van der Waals surface area (Å²) < 4.78 is 50.1. The molecule has 12 heteroatoms. The Balaban J connectivity index is 2.54. The lowest BCUT2D eigenvalue weighted by Crippen LogP contribution is -2.48. The molecule has 1 aromatic carbocycles. The van der Waals surface area contributed by atoms with Crippen molar-refractivity contribution in [3.05, 3.63) is 28.8 Å². The van der Waals surface area contributed by atoms with Gasteiger partial charge < -0.3 is 15.9 Å². The lowest BCUT2D eigenvalue weighted by molar-refractivity contribution is 0.0696. The smallest absolute Gasteiger partial charge is 0.335 e. The molecule has 1 saturated heterocycles. The number of carboxylic acid groups (broad SMARTS) is 1. The van der Waals surface area contributed by atoms with Crippen molar-refractivity contribution in [1.82, 2.24) is 4.31 Å². The van der Waals surface area contributed by atoms with Crippen LogP contribution in [0, 0.1) is 0 Å². The predicted octanol–water partition coefficient (Wildman–Crippen LogP) is -0.854. The van der Waals surface area contributed by atoms with Gasteiger partial charge in [-0.3, -0.25) is 0 Å². The zero-order valence-corrected chi connectivity index (χ0v) is 15.3. The molecule has 0 aromatic heterocycles. The zero-order chi connectivity index (χ0) is 19.0. The van der Waals surface area contributed by atoms with E-state index < -0.39 is 54.4 Å². The van der Waals surface area contributed by atoms with Gasteiger partial charge in [0, 0.05) is 13.1 Å². The molecular formula is C13H17ClN2O7S2. The third kappa shape index (κ3) is 4.13. The van der Waals surface area contributed by atoms with Crippen molar-refractivity contribution in [1.29, 1.82) is 0 Å². The first kappa shape index (κ1) is 20.1. The van der Waals surface area contributed by atoms with Crippen LogP contribution < -0.4 is 5.73 Å². The number of hydrogen-bond donors (Lipinski definition) is 3. The lowest BCUT2D eigenvalue weighted by Gasteiger charge is -2.29. The van der Waals surface area contributed by atoms with Gasteiger partial charge in [0.05, 0.1) is 34.2 Å².